The van der Waals surface area contributed by atoms with Gasteiger partial charge < -0.3 is 18.9 Å². The smallest absolute Gasteiger partial charge is 0.344 e. The van der Waals surface area contributed by atoms with E-state index in [0.717, 1.165) is 0 Å². The third-order valence-corrected chi connectivity index (χ3v) is 3.74. The van der Waals surface area contributed by atoms with Gasteiger partial charge in [0.25, 0.3) is 5.69 Å². The van der Waals surface area contributed by atoms with Gasteiger partial charge in [-0.25, -0.2) is 4.79 Å². The van der Waals surface area contributed by atoms with Crippen molar-refractivity contribution in [2.45, 2.75) is 13.2 Å². The minimum Gasteiger partial charge on any atom is -0.482 e. The molecule has 1 aliphatic rings. The van der Waals surface area contributed by atoms with Crippen LogP contribution in [0.1, 0.15) is 21.5 Å². The van der Waals surface area contributed by atoms with E-state index < -0.39 is 10.9 Å². The van der Waals surface area contributed by atoms with Crippen LogP contribution in [0.4, 0.5) is 5.69 Å². The van der Waals surface area contributed by atoms with E-state index in [4.69, 9.17) is 18.9 Å². The lowest BCUT2D eigenvalue weighted by molar-refractivity contribution is -0.385. The summed E-state index contributed by atoms with van der Waals surface area (Å²) in [5, 5.41) is 11.1. The predicted octanol–water partition coefficient (Wildman–Crippen LogP) is 2.40. The number of non-ortho nitro benzene ring substituents is 1. The van der Waals surface area contributed by atoms with E-state index in [2.05, 4.69) is 0 Å². The largest absolute Gasteiger partial charge is 0.482 e. The zero-order valence-corrected chi connectivity index (χ0v) is 14.1. The van der Waals surface area contributed by atoms with Crippen molar-refractivity contribution in [1.82, 2.24) is 0 Å². The van der Waals surface area contributed by atoms with Crippen molar-refractivity contribution < 1.29 is 33.5 Å². The second-order valence-corrected chi connectivity index (χ2v) is 5.60. The van der Waals surface area contributed by atoms with Crippen LogP contribution >= 0.6 is 0 Å². The summed E-state index contributed by atoms with van der Waals surface area (Å²) in [6, 6.07) is 8.90. The van der Waals surface area contributed by atoms with E-state index in [1.165, 1.54) is 12.1 Å². The summed E-state index contributed by atoms with van der Waals surface area (Å²) in [4.78, 5) is 33.0. The number of benzene rings is 2. The molecule has 27 heavy (non-hydrogen) atoms. The summed E-state index contributed by atoms with van der Waals surface area (Å²) in [5.74, 6) is 0.178. The molecule has 140 valence electrons. The molecule has 0 aliphatic carbocycles. The maximum atomic E-state index is 11.9. The minimum absolute atomic E-state index is 0.0195. The van der Waals surface area contributed by atoms with Crippen LogP contribution in [0.3, 0.4) is 0 Å². The second-order valence-electron chi connectivity index (χ2n) is 5.60. The number of carbonyl (C=O) groups is 2. The second kappa shape index (κ2) is 8.28. The van der Waals surface area contributed by atoms with E-state index in [1.54, 1.807) is 24.3 Å². The van der Waals surface area contributed by atoms with Crippen LogP contribution < -0.4 is 9.47 Å². The van der Waals surface area contributed by atoms with Gasteiger partial charge in [0.05, 0.1) is 11.5 Å². The fraction of sp³-hybridized carbons (Fsp3) is 0.222. The highest BCUT2D eigenvalue weighted by atomic mass is 16.7. The highest BCUT2D eigenvalue weighted by Gasteiger charge is 2.21. The van der Waals surface area contributed by atoms with Crippen LogP contribution in [-0.2, 0) is 27.5 Å². The third kappa shape index (κ3) is 4.59. The Labute approximate surface area is 153 Å². The van der Waals surface area contributed by atoms with Crippen LogP contribution in [-0.4, -0.2) is 30.6 Å². The lowest BCUT2D eigenvalue weighted by Gasteiger charge is -2.20. The van der Waals surface area contributed by atoms with E-state index in [-0.39, 0.29) is 32.3 Å². The summed E-state index contributed by atoms with van der Waals surface area (Å²) >= 11 is 0. The molecule has 0 radical (unpaired) electrons. The van der Waals surface area contributed by atoms with E-state index in [9.17, 15) is 19.7 Å². The fourth-order valence-corrected chi connectivity index (χ4v) is 2.48. The van der Waals surface area contributed by atoms with Gasteiger partial charge >= 0.3 is 5.97 Å². The van der Waals surface area contributed by atoms with Gasteiger partial charge in [-0.3, -0.25) is 14.9 Å². The van der Waals surface area contributed by atoms with Gasteiger partial charge in [-0.2, -0.15) is 0 Å². The van der Waals surface area contributed by atoms with E-state index in [0.29, 0.717) is 34.5 Å². The maximum absolute atomic E-state index is 11.9. The lowest BCUT2D eigenvalue weighted by Crippen LogP contribution is -2.17. The Bertz CT molecular complexity index is 862. The van der Waals surface area contributed by atoms with Crippen molar-refractivity contribution in [3.63, 3.8) is 0 Å². The predicted molar refractivity (Wildman–Crippen MR) is 90.5 cm³/mol. The molecule has 0 aromatic heterocycles. The minimum atomic E-state index is -0.651. The molecule has 3 rings (SSSR count). The van der Waals surface area contributed by atoms with Gasteiger partial charge in [0.1, 0.15) is 24.4 Å². The Hall–Kier alpha value is -3.46. The summed E-state index contributed by atoms with van der Waals surface area (Å²) in [6.45, 7) is -0.346. The van der Waals surface area contributed by atoms with Gasteiger partial charge in [-0.15, -0.1) is 0 Å². The Balaban J connectivity index is 1.61. The molecule has 0 saturated heterocycles. The summed E-state index contributed by atoms with van der Waals surface area (Å²) < 4.78 is 20.9. The van der Waals surface area contributed by atoms with Crippen molar-refractivity contribution in [2.75, 3.05) is 13.4 Å². The van der Waals surface area contributed by atoms with Crippen LogP contribution in [0.25, 0.3) is 0 Å². The van der Waals surface area contributed by atoms with Gasteiger partial charge in [-0.05, 0) is 24.3 Å². The summed E-state index contributed by atoms with van der Waals surface area (Å²) in [5.41, 5.74) is 1.25. The molecule has 2 aromatic carbocycles. The number of rotatable bonds is 7. The van der Waals surface area contributed by atoms with Crippen molar-refractivity contribution >= 4 is 17.9 Å². The van der Waals surface area contributed by atoms with E-state index in [1.807, 2.05) is 0 Å². The summed E-state index contributed by atoms with van der Waals surface area (Å²) in [6.07, 6.45) is 0.699. The fourth-order valence-electron chi connectivity index (χ4n) is 2.48. The lowest BCUT2D eigenvalue weighted by atomic mass is 10.1. The van der Waals surface area contributed by atoms with Crippen LogP contribution in [0.2, 0.25) is 0 Å². The molecule has 0 atom stereocenters. The molecule has 0 bridgehead atoms. The molecule has 0 N–H and O–H groups in total. The number of hydrogen-bond acceptors (Lipinski definition) is 8. The molecular formula is C18H15NO8. The average Bonchev–Trinajstić information content (AvgIpc) is 2.70. The zero-order valence-electron chi connectivity index (χ0n) is 14.1. The standard InChI is InChI=1S/C18H15NO8/c20-7-12-1-3-16(4-2-12)25-10-17(21)26-9-14-6-15(19(22)23)5-13-8-24-11-27-18(13)14/h1-7H,8-11H2. The number of carbonyl (C=O) groups excluding carboxylic acids is 2. The molecule has 1 heterocycles. The quantitative estimate of drug-likeness (QED) is 0.314. The number of ether oxygens (including phenoxy) is 4. The van der Waals surface area contributed by atoms with E-state index >= 15 is 0 Å². The number of aldehydes is 1. The Morgan fingerprint density at radius 1 is 1.26 bits per heavy atom. The first-order chi connectivity index (χ1) is 13.1. The molecule has 9 heteroatoms. The van der Waals surface area contributed by atoms with Gasteiger partial charge in [-0.1, -0.05) is 0 Å². The number of esters is 1. The first-order valence-corrected chi connectivity index (χ1v) is 7.91. The van der Waals surface area contributed by atoms with Crippen molar-refractivity contribution in [1.29, 1.82) is 0 Å². The Kier molecular flexibility index (Phi) is 5.62. The topological polar surface area (TPSA) is 114 Å². The van der Waals surface area contributed by atoms with Crippen molar-refractivity contribution in [2.24, 2.45) is 0 Å². The van der Waals surface area contributed by atoms with Crippen LogP contribution in [0, 0.1) is 10.1 Å². The van der Waals surface area contributed by atoms with Gasteiger partial charge in [0, 0.05) is 28.8 Å². The molecular weight excluding hydrogens is 358 g/mol. The molecule has 1 aliphatic heterocycles. The molecule has 0 amide bonds. The molecule has 0 spiro atoms. The molecule has 0 fully saturated rings. The number of nitro groups is 1. The zero-order chi connectivity index (χ0) is 19.2. The number of fused-ring (bicyclic) bond motifs is 1. The summed E-state index contributed by atoms with van der Waals surface area (Å²) in [7, 11) is 0. The molecule has 2 aromatic rings. The van der Waals surface area contributed by atoms with Gasteiger partial charge in [0.15, 0.2) is 13.4 Å². The number of nitro benzene ring substituents is 1. The first-order valence-electron chi connectivity index (χ1n) is 7.91. The number of hydrogen-bond donors (Lipinski definition) is 0. The highest BCUT2D eigenvalue weighted by Crippen LogP contribution is 2.33. The molecule has 0 unspecified atom stereocenters. The average molecular weight is 373 g/mol. The van der Waals surface area contributed by atoms with Crippen molar-refractivity contribution in [3.05, 3.63) is 63.2 Å². The monoisotopic (exact) mass is 373 g/mol. The SMILES string of the molecule is O=Cc1ccc(OCC(=O)OCc2cc([N+](=O)[O-])cc3c2OCOC3)cc1. The molecule has 0 saturated carbocycles. The highest BCUT2D eigenvalue weighted by molar-refractivity contribution is 5.75. The van der Waals surface area contributed by atoms with Gasteiger partial charge in [0.2, 0.25) is 0 Å². The maximum Gasteiger partial charge on any atom is 0.344 e. The number of nitrogens with zero attached hydrogens (tertiary/aromatic N) is 1. The molecule has 9 nitrogen and oxygen atoms in total. The first kappa shape index (κ1) is 18.3. The Morgan fingerprint density at radius 3 is 2.74 bits per heavy atom. The van der Waals surface area contributed by atoms with Crippen molar-refractivity contribution in [3.8, 4) is 11.5 Å². The normalized spacial score (nSPS) is 12.4. The third-order valence-electron chi connectivity index (χ3n) is 3.74. The van der Waals surface area contributed by atoms with Crippen LogP contribution in [0.5, 0.6) is 11.5 Å². The Morgan fingerprint density at radius 2 is 2.04 bits per heavy atom. The van der Waals surface area contributed by atoms with Crippen LogP contribution in [0.15, 0.2) is 36.4 Å².